The van der Waals surface area contributed by atoms with Gasteiger partial charge in [-0.25, -0.2) is 4.98 Å². The monoisotopic (exact) mass is 275 g/mol. The minimum absolute atomic E-state index is 0.581. The molecule has 0 unspecified atom stereocenters. The second-order valence-corrected chi connectivity index (χ2v) is 4.34. The Morgan fingerprint density at radius 2 is 2.05 bits per heavy atom. The lowest BCUT2D eigenvalue weighted by Crippen LogP contribution is -2.27. The Morgan fingerprint density at radius 3 is 2.65 bits per heavy atom. The molecule has 2 rings (SSSR count). The van der Waals surface area contributed by atoms with E-state index in [1.807, 2.05) is 13.1 Å². The number of hydrogen-bond acceptors (Lipinski definition) is 6. The van der Waals surface area contributed by atoms with Crippen molar-refractivity contribution in [1.82, 2.24) is 24.5 Å². The van der Waals surface area contributed by atoms with Crippen molar-refractivity contribution in [1.29, 1.82) is 0 Å². The summed E-state index contributed by atoms with van der Waals surface area (Å²) in [5.74, 6) is 1.87. The summed E-state index contributed by atoms with van der Waals surface area (Å²) < 4.78 is 1.78. The zero-order valence-electron chi connectivity index (χ0n) is 12.2. The molecule has 0 aliphatic carbocycles. The normalized spacial score (nSPS) is 10.6. The maximum atomic E-state index is 4.53. The molecule has 2 aromatic rings. The molecule has 20 heavy (non-hydrogen) atoms. The second kappa shape index (κ2) is 6.83. The van der Waals surface area contributed by atoms with Crippen molar-refractivity contribution in [3.63, 3.8) is 0 Å². The van der Waals surface area contributed by atoms with Crippen LogP contribution < -0.4 is 10.2 Å². The van der Waals surface area contributed by atoms with Gasteiger partial charge in [-0.1, -0.05) is 6.92 Å². The summed E-state index contributed by atoms with van der Waals surface area (Å²) in [5.41, 5.74) is 0. The van der Waals surface area contributed by atoms with Gasteiger partial charge in [0.2, 0.25) is 17.8 Å². The van der Waals surface area contributed by atoms with Gasteiger partial charge in [-0.05, 0) is 20.3 Å². The summed E-state index contributed by atoms with van der Waals surface area (Å²) in [6.45, 7) is 8.83. The lowest BCUT2D eigenvalue weighted by molar-refractivity contribution is 0.749. The van der Waals surface area contributed by atoms with Crippen LogP contribution in [0.5, 0.6) is 0 Å². The average Bonchev–Trinajstić information content (AvgIpc) is 2.99. The highest BCUT2D eigenvalue weighted by Gasteiger charge is 2.12. The Morgan fingerprint density at radius 1 is 1.20 bits per heavy atom. The summed E-state index contributed by atoms with van der Waals surface area (Å²) in [5, 5.41) is 3.15. The number of aromatic nitrogens is 5. The SMILES string of the molecule is CCCN(CC)c1nc(NCC)nc(-n2ccnc2)n1. The van der Waals surface area contributed by atoms with Crippen LogP contribution in [0.25, 0.3) is 5.95 Å². The molecule has 0 radical (unpaired) electrons. The number of hydrogen-bond donors (Lipinski definition) is 1. The van der Waals surface area contributed by atoms with Crippen LogP contribution in [0.4, 0.5) is 11.9 Å². The molecule has 0 saturated carbocycles. The zero-order chi connectivity index (χ0) is 14.4. The van der Waals surface area contributed by atoms with Crippen LogP contribution in [0.15, 0.2) is 18.7 Å². The van der Waals surface area contributed by atoms with Crippen molar-refractivity contribution < 1.29 is 0 Å². The van der Waals surface area contributed by atoms with E-state index in [1.54, 1.807) is 17.1 Å². The van der Waals surface area contributed by atoms with Crippen molar-refractivity contribution in [3.05, 3.63) is 18.7 Å². The molecule has 0 aromatic carbocycles. The van der Waals surface area contributed by atoms with Crippen molar-refractivity contribution in [2.75, 3.05) is 29.9 Å². The minimum atomic E-state index is 0.581. The van der Waals surface area contributed by atoms with Crippen molar-refractivity contribution >= 4 is 11.9 Å². The molecule has 0 amide bonds. The van der Waals surface area contributed by atoms with Crippen molar-refractivity contribution in [2.24, 2.45) is 0 Å². The summed E-state index contributed by atoms with van der Waals surface area (Å²) in [4.78, 5) is 19.6. The van der Waals surface area contributed by atoms with Crippen LogP contribution in [-0.2, 0) is 0 Å². The molecule has 0 atom stereocenters. The van der Waals surface area contributed by atoms with E-state index in [0.717, 1.165) is 26.1 Å². The van der Waals surface area contributed by atoms with Crippen LogP contribution in [0, 0.1) is 0 Å². The average molecular weight is 275 g/mol. The number of anilines is 2. The van der Waals surface area contributed by atoms with Crippen LogP contribution in [0.2, 0.25) is 0 Å². The molecule has 0 spiro atoms. The molecule has 2 heterocycles. The molecule has 0 saturated heterocycles. The van der Waals surface area contributed by atoms with Gasteiger partial charge in [0.25, 0.3) is 0 Å². The molecular formula is C13H21N7. The lowest BCUT2D eigenvalue weighted by atomic mass is 10.4. The fraction of sp³-hybridized carbons (Fsp3) is 0.538. The fourth-order valence-electron chi connectivity index (χ4n) is 1.89. The van der Waals surface area contributed by atoms with E-state index in [0.29, 0.717) is 17.8 Å². The molecule has 7 heteroatoms. The molecule has 2 aromatic heterocycles. The van der Waals surface area contributed by atoms with E-state index in [-0.39, 0.29) is 0 Å². The smallest absolute Gasteiger partial charge is 0.241 e. The first kappa shape index (κ1) is 14.2. The Labute approximate surface area is 119 Å². The summed E-state index contributed by atoms with van der Waals surface area (Å²) >= 11 is 0. The topological polar surface area (TPSA) is 71.8 Å². The Hall–Kier alpha value is -2.18. The summed E-state index contributed by atoms with van der Waals surface area (Å²) in [7, 11) is 0. The Balaban J connectivity index is 2.40. The standard InChI is InChI=1S/C13H21N7/c1-4-8-19(6-3)12-16-11(15-5-2)17-13(18-12)20-9-7-14-10-20/h7,9-10H,4-6,8H2,1-3H3,(H,15,16,17,18). The highest BCUT2D eigenvalue weighted by atomic mass is 15.3. The zero-order valence-corrected chi connectivity index (χ0v) is 12.2. The van der Waals surface area contributed by atoms with Crippen LogP contribution in [0.3, 0.4) is 0 Å². The van der Waals surface area contributed by atoms with Crippen LogP contribution >= 0.6 is 0 Å². The first-order chi connectivity index (χ1) is 9.78. The van der Waals surface area contributed by atoms with Crippen molar-refractivity contribution in [3.8, 4) is 5.95 Å². The summed E-state index contributed by atoms with van der Waals surface area (Å²) in [6, 6.07) is 0. The quantitative estimate of drug-likeness (QED) is 0.829. The maximum absolute atomic E-state index is 4.53. The Bertz CT molecular complexity index is 524. The number of imidazole rings is 1. The fourth-order valence-corrected chi connectivity index (χ4v) is 1.89. The van der Waals surface area contributed by atoms with E-state index in [1.165, 1.54) is 0 Å². The predicted molar refractivity (Wildman–Crippen MR) is 79.3 cm³/mol. The van der Waals surface area contributed by atoms with Gasteiger partial charge in [-0.3, -0.25) is 4.57 Å². The van der Waals surface area contributed by atoms with E-state index < -0.39 is 0 Å². The third-order valence-electron chi connectivity index (χ3n) is 2.84. The number of rotatable bonds is 7. The van der Waals surface area contributed by atoms with E-state index in [2.05, 4.69) is 44.0 Å². The third-order valence-corrected chi connectivity index (χ3v) is 2.84. The highest BCUT2D eigenvalue weighted by molar-refractivity contribution is 5.40. The van der Waals surface area contributed by atoms with Gasteiger partial charge in [0.15, 0.2) is 0 Å². The Kier molecular flexibility index (Phi) is 4.86. The molecular weight excluding hydrogens is 254 g/mol. The maximum Gasteiger partial charge on any atom is 0.241 e. The molecule has 108 valence electrons. The van der Waals surface area contributed by atoms with Crippen LogP contribution in [0.1, 0.15) is 27.2 Å². The van der Waals surface area contributed by atoms with Gasteiger partial charge in [0.05, 0.1) is 0 Å². The molecule has 1 N–H and O–H groups in total. The predicted octanol–water partition coefficient (Wildman–Crippen LogP) is 1.73. The largest absolute Gasteiger partial charge is 0.354 e. The molecule has 0 fully saturated rings. The number of nitrogens with one attached hydrogen (secondary N) is 1. The van der Waals surface area contributed by atoms with Gasteiger partial charge < -0.3 is 10.2 Å². The minimum Gasteiger partial charge on any atom is -0.354 e. The van der Waals surface area contributed by atoms with Gasteiger partial charge in [-0.15, -0.1) is 0 Å². The molecule has 7 nitrogen and oxygen atoms in total. The van der Waals surface area contributed by atoms with Crippen LogP contribution in [-0.4, -0.2) is 44.1 Å². The lowest BCUT2D eigenvalue weighted by Gasteiger charge is -2.20. The first-order valence-electron chi connectivity index (χ1n) is 7.01. The van der Waals surface area contributed by atoms with Gasteiger partial charge in [0.1, 0.15) is 6.33 Å². The summed E-state index contributed by atoms with van der Waals surface area (Å²) in [6.07, 6.45) is 6.27. The first-order valence-corrected chi connectivity index (χ1v) is 7.01. The van der Waals surface area contributed by atoms with Gasteiger partial charge in [-0.2, -0.15) is 15.0 Å². The second-order valence-electron chi connectivity index (χ2n) is 4.34. The van der Waals surface area contributed by atoms with Crippen molar-refractivity contribution in [2.45, 2.75) is 27.2 Å². The third kappa shape index (κ3) is 3.23. The van der Waals surface area contributed by atoms with E-state index in [4.69, 9.17) is 0 Å². The van der Waals surface area contributed by atoms with E-state index in [9.17, 15) is 0 Å². The van der Waals surface area contributed by atoms with Gasteiger partial charge >= 0.3 is 0 Å². The highest BCUT2D eigenvalue weighted by Crippen LogP contribution is 2.13. The van der Waals surface area contributed by atoms with E-state index >= 15 is 0 Å². The number of nitrogens with zero attached hydrogens (tertiary/aromatic N) is 6. The van der Waals surface area contributed by atoms with Gasteiger partial charge in [0, 0.05) is 32.0 Å². The molecule has 0 aliphatic rings. The molecule has 0 aliphatic heterocycles. The molecule has 0 bridgehead atoms.